The average Bonchev–Trinajstić information content (AvgIpc) is 3.08. The highest BCUT2D eigenvalue weighted by Gasteiger charge is 2.26. The second kappa shape index (κ2) is 7.83. The summed E-state index contributed by atoms with van der Waals surface area (Å²) in [5.74, 6) is 0.554. The van der Waals surface area contributed by atoms with E-state index in [1.165, 1.54) is 30.5 Å². The predicted molar refractivity (Wildman–Crippen MR) is 86.2 cm³/mol. The van der Waals surface area contributed by atoms with Crippen LogP contribution < -0.4 is 15.4 Å². The van der Waals surface area contributed by atoms with Crippen molar-refractivity contribution in [1.82, 2.24) is 10.6 Å². The summed E-state index contributed by atoms with van der Waals surface area (Å²) in [4.78, 5) is 11.9. The number of halogens is 1. The molecule has 2 amide bonds. The van der Waals surface area contributed by atoms with Crippen LogP contribution in [0.5, 0.6) is 5.75 Å². The third-order valence-corrected chi connectivity index (χ3v) is 3.34. The number of furan rings is 1. The zero-order valence-electron chi connectivity index (χ0n) is 13.6. The Morgan fingerprint density at radius 3 is 2.71 bits per heavy atom. The molecular formula is C17H21FN2O4. The molecule has 1 aromatic heterocycles. The Morgan fingerprint density at radius 2 is 2.08 bits per heavy atom. The highest BCUT2D eigenvalue weighted by Crippen LogP contribution is 2.19. The fourth-order valence-electron chi connectivity index (χ4n) is 1.99. The fraction of sp³-hybridized carbons (Fsp3) is 0.353. The number of carbonyl (C=O) groups excluding carboxylic acids is 1. The van der Waals surface area contributed by atoms with Crippen molar-refractivity contribution in [3.05, 3.63) is 54.2 Å². The zero-order chi connectivity index (χ0) is 17.6. The van der Waals surface area contributed by atoms with Gasteiger partial charge in [0.15, 0.2) is 0 Å². The van der Waals surface area contributed by atoms with Crippen LogP contribution in [0.1, 0.15) is 19.6 Å². The van der Waals surface area contributed by atoms with Crippen LogP contribution in [0.3, 0.4) is 0 Å². The first-order chi connectivity index (χ1) is 11.4. The third-order valence-electron chi connectivity index (χ3n) is 3.34. The number of amides is 2. The molecule has 24 heavy (non-hydrogen) atoms. The van der Waals surface area contributed by atoms with Crippen LogP contribution in [0, 0.1) is 5.82 Å². The van der Waals surface area contributed by atoms with Gasteiger partial charge in [-0.3, -0.25) is 0 Å². The molecule has 130 valence electrons. The number of aliphatic hydroxyl groups is 1. The van der Waals surface area contributed by atoms with Crippen LogP contribution in [0.25, 0.3) is 0 Å². The Balaban J connectivity index is 1.72. The molecule has 0 aliphatic heterocycles. The molecule has 0 fully saturated rings. The van der Waals surface area contributed by atoms with Gasteiger partial charge in [-0.25, -0.2) is 9.18 Å². The van der Waals surface area contributed by atoms with E-state index in [9.17, 15) is 14.3 Å². The summed E-state index contributed by atoms with van der Waals surface area (Å²) in [6, 6.07) is 8.23. The smallest absolute Gasteiger partial charge is 0.315 e. The molecule has 2 aromatic rings. The minimum Gasteiger partial charge on any atom is -0.491 e. The van der Waals surface area contributed by atoms with Gasteiger partial charge < -0.3 is 24.9 Å². The van der Waals surface area contributed by atoms with Crippen LogP contribution in [0.4, 0.5) is 9.18 Å². The lowest BCUT2D eigenvalue weighted by molar-refractivity contribution is 0.0366. The Morgan fingerprint density at radius 1 is 1.38 bits per heavy atom. The van der Waals surface area contributed by atoms with E-state index in [0.717, 1.165) is 0 Å². The molecule has 0 saturated heterocycles. The van der Waals surface area contributed by atoms with Gasteiger partial charge in [-0.1, -0.05) is 0 Å². The normalized spacial score (nSPS) is 14.5. The van der Waals surface area contributed by atoms with Crippen molar-refractivity contribution in [2.24, 2.45) is 0 Å². The quantitative estimate of drug-likeness (QED) is 0.725. The summed E-state index contributed by atoms with van der Waals surface area (Å²) < 4.78 is 23.4. The summed E-state index contributed by atoms with van der Waals surface area (Å²) in [7, 11) is 0. The van der Waals surface area contributed by atoms with Crippen molar-refractivity contribution < 1.29 is 23.4 Å². The molecular weight excluding hydrogens is 315 g/mol. The van der Waals surface area contributed by atoms with Crippen LogP contribution in [0.2, 0.25) is 0 Å². The van der Waals surface area contributed by atoms with Crippen molar-refractivity contribution in [2.75, 3.05) is 13.2 Å². The van der Waals surface area contributed by atoms with Crippen molar-refractivity contribution in [3.63, 3.8) is 0 Å². The summed E-state index contributed by atoms with van der Waals surface area (Å²) in [6.45, 7) is 3.55. The number of urea groups is 1. The Hall–Kier alpha value is -2.54. The Bertz CT molecular complexity index is 641. The molecule has 7 heteroatoms. The van der Waals surface area contributed by atoms with E-state index in [0.29, 0.717) is 11.5 Å². The third kappa shape index (κ3) is 5.27. The number of ether oxygens (including phenoxy) is 1. The molecule has 3 N–H and O–H groups in total. The van der Waals surface area contributed by atoms with Crippen molar-refractivity contribution in [2.45, 2.75) is 25.5 Å². The molecule has 0 aliphatic carbocycles. The van der Waals surface area contributed by atoms with Gasteiger partial charge >= 0.3 is 6.03 Å². The number of rotatable bonds is 7. The molecule has 0 aliphatic rings. The minimum absolute atomic E-state index is 0.00210. The molecule has 1 aromatic carbocycles. The molecule has 2 rings (SSSR count). The van der Waals surface area contributed by atoms with Gasteiger partial charge in [0.1, 0.15) is 29.5 Å². The molecule has 0 saturated carbocycles. The predicted octanol–water partition coefficient (Wildman–Crippen LogP) is 2.39. The molecule has 2 unspecified atom stereocenters. The molecule has 2 atom stereocenters. The largest absolute Gasteiger partial charge is 0.491 e. The van der Waals surface area contributed by atoms with E-state index >= 15 is 0 Å². The number of nitrogens with one attached hydrogen (secondary N) is 2. The van der Waals surface area contributed by atoms with Crippen LogP contribution >= 0.6 is 0 Å². The summed E-state index contributed by atoms with van der Waals surface area (Å²) in [6.07, 6.45) is 1.46. The second-order valence-corrected chi connectivity index (χ2v) is 5.74. The van der Waals surface area contributed by atoms with E-state index in [2.05, 4.69) is 10.6 Å². The van der Waals surface area contributed by atoms with E-state index < -0.39 is 11.6 Å². The number of carbonyl (C=O) groups is 1. The van der Waals surface area contributed by atoms with Crippen LogP contribution in [-0.2, 0) is 5.60 Å². The monoisotopic (exact) mass is 336 g/mol. The topological polar surface area (TPSA) is 83.7 Å². The number of benzene rings is 1. The van der Waals surface area contributed by atoms with Crippen molar-refractivity contribution in [3.8, 4) is 5.75 Å². The zero-order valence-corrected chi connectivity index (χ0v) is 13.6. The Kier molecular flexibility index (Phi) is 5.81. The van der Waals surface area contributed by atoms with Gasteiger partial charge in [0.25, 0.3) is 0 Å². The fourth-order valence-corrected chi connectivity index (χ4v) is 1.99. The SMILES string of the molecule is CC(COc1ccc(F)cc1)NC(=O)NCC(C)(O)c1ccco1. The average molecular weight is 336 g/mol. The molecule has 6 nitrogen and oxygen atoms in total. The van der Waals surface area contributed by atoms with Gasteiger partial charge in [-0.05, 0) is 50.2 Å². The lowest BCUT2D eigenvalue weighted by Gasteiger charge is -2.22. The first-order valence-electron chi connectivity index (χ1n) is 7.56. The van der Waals surface area contributed by atoms with Crippen molar-refractivity contribution >= 4 is 6.03 Å². The Labute approximate surface area is 139 Å². The molecule has 1 heterocycles. The molecule has 0 spiro atoms. The van der Waals surface area contributed by atoms with Crippen LogP contribution in [0.15, 0.2) is 47.1 Å². The summed E-state index contributed by atoms with van der Waals surface area (Å²) >= 11 is 0. The van der Waals surface area contributed by atoms with Gasteiger partial charge in [0.05, 0.1) is 18.8 Å². The first kappa shape index (κ1) is 17.8. The summed E-state index contributed by atoms with van der Waals surface area (Å²) in [5.41, 5.74) is -1.30. The van der Waals surface area contributed by atoms with E-state index in [4.69, 9.17) is 9.15 Å². The second-order valence-electron chi connectivity index (χ2n) is 5.74. The van der Waals surface area contributed by atoms with Gasteiger partial charge in [-0.15, -0.1) is 0 Å². The van der Waals surface area contributed by atoms with Crippen LogP contribution in [-0.4, -0.2) is 30.3 Å². The minimum atomic E-state index is -1.30. The highest BCUT2D eigenvalue weighted by atomic mass is 19.1. The molecule has 0 bridgehead atoms. The van der Waals surface area contributed by atoms with Gasteiger partial charge in [0.2, 0.25) is 0 Å². The maximum absolute atomic E-state index is 12.8. The maximum Gasteiger partial charge on any atom is 0.315 e. The van der Waals surface area contributed by atoms with Gasteiger partial charge in [-0.2, -0.15) is 0 Å². The lowest BCUT2D eigenvalue weighted by Crippen LogP contribution is -2.47. The van der Waals surface area contributed by atoms with E-state index in [1.54, 1.807) is 26.0 Å². The van der Waals surface area contributed by atoms with E-state index in [1.807, 2.05) is 0 Å². The standard InChI is InChI=1S/C17H21FN2O4/c1-12(10-24-14-7-5-13(18)6-8-14)20-16(21)19-11-17(2,22)15-4-3-9-23-15/h3-9,12,22H,10-11H2,1-2H3,(H2,19,20,21). The maximum atomic E-state index is 12.8. The van der Waals surface area contributed by atoms with E-state index in [-0.39, 0.29) is 25.0 Å². The lowest BCUT2D eigenvalue weighted by atomic mass is 10.0. The van der Waals surface area contributed by atoms with Gasteiger partial charge in [0, 0.05) is 0 Å². The number of hydrogen-bond acceptors (Lipinski definition) is 4. The number of hydrogen-bond donors (Lipinski definition) is 3. The first-order valence-corrected chi connectivity index (χ1v) is 7.56. The molecule has 0 radical (unpaired) electrons. The highest BCUT2D eigenvalue weighted by molar-refractivity contribution is 5.74. The summed E-state index contributed by atoms with van der Waals surface area (Å²) in [5, 5.41) is 15.5. The van der Waals surface area contributed by atoms with Crippen molar-refractivity contribution in [1.29, 1.82) is 0 Å².